The molecule has 2 aromatic rings. The Morgan fingerprint density at radius 1 is 1.07 bits per heavy atom. The van der Waals surface area contributed by atoms with Gasteiger partial charge in [-0.05, 0) is 41.3 Å². The lowest BCUT2D eigenvalue weighted by Gasteiger charge is -2.27. The molecular formula is C21H28N2O4S. The third-order valence-electron chi connectivity index (χ3n) is 5.01. The normalized spacial score (nSPS) is 15.5. The molecule has 7 heteroatoms. The van der Waals surface area contributed by atoms with Crippen LogP contribution in [0.1, 0.15) is 23.6 Å². The summed E-state index contributed by atoms with van der Waals surface area (Å²) < 4.78 is 39.0. The third-order valence-corrected chi connectivity index (χ3v) is 6.41. The number of hydrogen-bond donors (Lipinski definition) is 1. The van der Waals surface area contributed by atoms with Crippen LogP contribution in [-0.2, 0) is 34.3 Å². The summed E-state index contributed by atoms with van der Waals surface area (Å²) in [7, 11) is -2.02. The van der Waals surface area contributed by atoms with E-state index in [4.69, 9.17) is 9.47 Å². The maximum atomic E-state index is 12.8. The predicted octanol–water partition coefficient (Wildman–Crippen LogP) is 2.57. The van der Waals surface area contributed by atoms with Crippen LogP contribution >= 0.6 is 0 Å². The summed E-state index contributed by atoms with van der Waals surface area (Å²) in [4.78, 5) is 2.59. The summed E-state index contributed by atoms with van der Waals surface area (Å²) in [5.41, 5.74) is 3.00. The van der Waals surface area contributed by atoms with Gasteiger partial charge < -0.3 is 9.47 Å². The van der Waals surface area contributed by atoms with Crippen LogP contribution in [0.4, 0.5) is 0 Å². The fraction of sp³-hybridized carbons (Fsp3) is 0.429. The van der Waals surface area contributed by atoms with Gasteiger partial charge in [-0.3, -0.25) is 4.90 Å². The van der Waals surface area contributed by atoms with Gasteiger partial charge in [0.15, 0.2) is 0 Å². The van der Waals surface area contributed by atoms with E-state index >= 15 is 0 Å². The molecule has 0 aromatic heterocycles. The van der Waals surface area contributed by atoms with Gasteiger partial charge in [-0.15, -0.1) is 0 Å². The Labute approximate surface area is 167 Å². The minimum absolute atomic E-state index is 0.260. The Morgan fingerprint density at radius 3 is 2.46 bits per heavy atom. The number of rotatable bonds is 8. The van der Waals surface area contributed by atoms with Crippen molar-refractivity contribution < 1.29 is 17.9 Å². The van der Waals surface area contributed by atoms with Crippen molar-refractivity contribution in [3.63, 3.8) is 0 Å². The number of ether oxygens (including phenoxy) is 2. The summed E-state index contributed by atoms with van der Waals surface area (Å²) in [5, 5.41) is 0. The summed E-state index contributed by atoms with van der Waals surface area (Å²) in [6, 6.07) is 12.9. The Bertz CT molecular complexity index is 893. The fourth-order valence-corrected chi connectivity index (χ4v) is 4.40. The van der Waals surface area contributed by atoms with Crippen LogP contribution in [-0.4, -0.2) is 46.7 Å². The molecule has 28 heavy (non-hydrogen) atoms. The SMILES string of the molecule is CCc1cc(S(=O)(=O)NCc2ccccc2CN2CCOCC2)ccc1OC. The van der Waals surface area contributed by atoms with E-state index in [1.165, 1.54) is 0 Å². The minimum Gasteiger partial charge on any atom is -0.496 e. The smallest absolute Gasteiger partial charge is 0.240 e. The van der Waals surface area contributed by atoms with Crippen molar-refractivity contribution >= 4 is 10.0 Å². The molecule has 1 aliphatic rings. The monoisotopic (exact) mass is 404 g/mol. The van der Waals surface area contributed by atoms with Crippen molar-refractivity contribution in [1.29, 1.82) is 0 Å². The summed E-state index contributed by atoms with van der Waals surface area (Å²) in [5.74, 6) is 0.706. The highest BCUT2D eigenvalue weighted by Gasteiger charge is 2.18. The van der Waals surface area contributed by atoms with Crippen LogP contribution in [0.5, 0.6) is 5.75 Å². The van der Waals surface area contributed by atoms with Gasteiger partial charge in [-0.25, -0.2) is 13.1 Å². The Kier molecular flexibility index (Phi) is 7.07. The molecular weight excluding hydrogens is 376 g/mol. The summed E-state index contributed by atoms with van der Waals surface area (Å²) >= 11 is 0. The van der Waals surface area contributed by atoms with Crippen molar-refractivity contribution in [2.45, 2.75) is 31.3 Å². The molecule has 0 bridgehead atoms. The van der Waals surface area contributed by atoms with Gasteiger partial charge in [0, 0.05) is 26.2 Å². The Balaban J connectivity index is 1.72. The van der Waals surface area contributed by atoms with E-state index in [-0.39, 0.29) is 11.4 Å². The Morgan fingerprint density at radius 2 is 1.79 bits per heavy atom. The first-order valence-corrected chi connectivity index (χ1v) is 11.0. The van der Waals surface area contributed by atoms with Crippen molar-refractivity contribution in [2.24, 2.45) is 0 Å². The van der Waals surface area contributed by atoms with Gasteiger partial charge in [0.2, 0.25) is 10.0 Å². The molecule has 0 saturated carbocycles. The topological polar surface area (TPSA) is 67.9 Å². The van der Waals surface area contributed by atoms with Gasteiger partial charge in [0.25, 0.3) is 0 Å². The van der Waals surface area contributed by atoms with Gasteiger partial charge >= 0.3 is 0 Å². The first-order valence-electron chi connectivity index (χ1n) is 9.57. The van der Waals surface area contributed by atoms with E-state index in [1.807, 2.05) is 25.1 Å². The van der Waals surface area contributed by atoms with E-state index in [0.29, 0.717) is 12.2 Å². The number of hydrogen-bond acceptors (Lipinski definition) is 5. The van der Waals surface area contributed by atoms with Gasteiger partial charge in [0.1, 0.15) is 5.75 Å². The second kappa shape index (κ2) is 9.52. The largest absolute Gasteiger partial charge is 0.496 e. The molecule has 0 spiro atoms. The van der Waals surface area contributed by atoms with Crippen LogP contribution in [0.15, 0.2) is 47.4 Å². The molecule has 0 aliphatic carbocycles. The molecule has 1 heterocycles. The number of methoxy groups -OCH3 is 1. The second-order valence-electron chi connectivity index (χ2n) is 6.81. The van der Waals surface area contributed by atoms with Crippen LogP contribution in [0.2, 0.25) is 0 Å². The molecule has 0 amide bonds. The number of benzene rings is 2. The van der Waals surface area contributed by atoms with Crippen molar-refractivity contribution in [2.75, 3.05) is 33.4 Å². The molecule has 0 radical (unpaired) electrons. The quantitative estimate of drug-likeness (QED) is 0.732. The highest BCUT2D eigenvalue weighted by molar-refractivity contribution is 7.89. The fourth-order valence-electron chi connectivity index (χ4n) is 3.34. The average Bonchev–Trinajstić information content (AvgIpc) is 2.73. The van der Waals surface area contributed by atoms with Crippen LogP contribution in [0, 0.1) is 0 Å². The first-order chi connectivity index (χ1) is 13.5. The van der Waals surface area contributed by atoms with Crippen molar-refractivity contribution in [3.05, 3.63) is 59.2 Å². The van der Waals surface area contributed by atoms with Crippen LogP contribution in [0.3, 0.4) is 0 Å². The molecule has 1 saturated heterocycles. The van der Waals surface area contributed by atoms with Gasteiger partial charge in [-0.1, -0.05) is 31.2 Å². The lowest BCUT2D eigenvalue weighted by atomic mass is 10.1. The van der Waals surface area contributed by atoms with Gasteiger partial charge in [0.05, 0.1) is 25.2 Å². The molecule has 2 aromatic carbocycles. The number of nitrogens with one attached hydrogen (secondary N) is 1. The second-order valence-corrected chi connectivity index (χ2v) is 8.58. The zero-order valence-electron chi connectivity index (χ0n) is 16.5. The first kappa shape index (κ1) is 20.8. The average molecular weight is 405 g/mol. The van der Waals surface area contributed by atoms with Crippen LogP contribution < -0.4 is 9.46 Å². The zero-order valence-corrected chi connectivity index (χ0v) is 17.3. The van der Waals surface area contributed by atoms with Gasteiger partial charge in [-0.2, -0.15) is 0 Å². The van der Waals surface area contributed by atoms with E-state index in [0.717, 1.165) is 49.5 Å². The van der Waals surface area contributed by atoms with E-state index in [9.17, 15) is 8.42 Å². The minimum atomic E-state index is -3.61. The number of sulfonamides is 1. The molecule has 0 unspecified atom stereocenters. The molecule has 1 aliphatic heterocycles. The molecule has 1 N–H and O–H groups in total. The maximum absolute atomic E-state index is 12.8. The van der Waals surface area contributed by atoms with Crippen molar-refractivity contribution in [1.82, 2.24) is 9.62 Å². The molecule has 0 atom stereocenters. The highest BCUT2D eigenvalue weighted by atomic mass is 32.2. The molecule has 6 nitrogen and oxygen atoms in total. The highest BCUT2D eigenvalue weighted by Crippen LogP contribution is 2.23. The molecule has 1 fully saturated rings. The maximum Gasteiger partial charge on any atom is 0.240 e. The van der Waals surface area contributed by atoms with E-state index in [1.54, 1.807) is 25.3 Å². The van der Waals surface area contributed by atoms with Crippen LogP contribution in [0.25, 0.3) is 0 Å². The lowest BCUT2D eigenvalue weighted by Crippen LogP contribution is -2.36. The zero-order chi connectivity index (χ0) is 20.0. The predicted molar refractivity (Wildman–Crippen MR) is 109 cm³/mol. The van der Waals surface area contributed by atoms with E-state index in [2.05, 4.69) is 15.7 Å². The summed E-state index contributed by atoms with van der Waals surface area (Å²) in [6.07, 6.45) is 0.703. The number of morpholine rings is 1. The van der Waals surface area contributed by atoms with Crippen molar-refractivity contribution in [3.8, 4) is 5.75 Å². The number of aryl methyl sites for hydroxylation is 1. The lowest BCUT2D eigenvalue weighted by molar-refractivity contribution is 0.0341. The third kappa shape index (κ3) is 5.11. The molecule has 3 rings (SSSR count). The standard InChI is InChI=1S/C21H28N2O4S/c1-3-17-14-20(8-9-21(17)26-2)28(24,25)22-15-18-6-4-5-7-19(18)16-23-10-12-27-13-11-23/h4-9,14,22H,3,10-13,15-16H2,1-2H3. The van der Waals surface area contributed by atoms with E-state index < -0.39 is 10.0 Å². The Hall–Kier alpha value is -1.93. The summed E-state index contributed by atoms with van der Waals surface area (Å²) in [6.45, 7) is 6.30. The molecule has 152 valence electrons. The number of nitrogens with zero attached hydrogens (tertiary/aromatic N) is 1.